The van der Waals surface area contributed by atoms with E-state index in [0.29, 0.717) is 0 Å². The van der Waals surface area contributed by atoms with Gasteiger partial charge in [0, 0.05) is 19.7 Å². The Morgan fingerprint density at radius 1 is 1.55 bits per heavy atom. The number of aromatic nitrogens is 2. The standard InChI is InChI=1S/C11H15F2N3O4/c1-20-5-4-16-9(18)3-2-7(15-16)11(19)14-6-8(17)10(12)13/h2-3,8,10,17H,4-6H2,1H3,(H,14,19). The predicted molar refractivity (Wildman–Crippen MR) is 64.7 cm³/mol. The van der Waals surface area contributed by atoms with E-state index in [9.17, 15) is 18.4 Å². The van der Waals surface area contributed by atoms with Crippen LogP contribution in [0.4, 0.5) is 8.78 Å². The number of alkyl halides is 2. The minimum absolute atomic E-state index is 0.109. The Balaban J connectivity index is 2.71. The van der Waals surface area contributed by atoms with E-state index < -0.39 is 30.5 Å². The number of carbonyl (C=O) groups excluding carboxylic acids is 1. The molecule has 1 amide bonds. The van der Waals surface area contributed by atoms with Crippen LogP contribution in [-0.2, 0) is 11.3 Å². The van der Waals surface area contributed by atoms with Crippen molar-refractivity contribution in [2.24, 2.45) is 0 Å². The Morgan fingerprint density at radius 2 is 2.25 bits per heavy atom. The molecule has 1 rings (SSSR count). The van der Waals surface area contributed by atoms with Gasteiger partial charge in [-0.1, -0.05) is 0 Å². The summed E-state index contributed by atoms with van der Waals surface area (Å²) in [6, 6.07) is 2.32. The van der Waals surface area contributed by atoms with Crippen molar-refractivity contribution in [2.75, 3.05) is 20.3 Å². The number of amides is 1. The summed E-state index contributed by atoms with van der Waals surface area (Å²) in [7, 11) is 1.45. The van der Waals surface area contributed by atoms with Crippen LogP contribution in [0, 0.1) is 0 Å². The minimum atomic E-state index is -2.95. The first kappa shape index (κ1) is 16.2. The number of methoxy groups -OCH3 is 1. The van der Waals surface area contributed by atoms with Gasteiger partial charge in [0.2, 0.25) is 0 Å². The molecule has 0 bridgehead atoms. The molecule has 1 aromatic heterocycles. The van der Waals surface area contributed by atoms with E-state index in [4.69, 9.17) is 9.84 Å². The van der Waals surface area contributed by atoms with E-state index in [1.165, 1.54) is 13.2 Å². The quantitative estimate of drug-likeness (QED) is 0.689. The first-order valence-electron chi connectivity index (χ1n) is 5.77. The Morgan fingerprint density at radius 3 is 2.85 bits per heavy atom. The van der Waals surface area contributed by atoms with Gasteiger partial charge in [-0.15, -0.1) is 0 Å². The van der Waals surface area contributed by atoms with Crippen LogP contribution in [0.2, 0.25) is 0 Å². The number of nitrogens with one attached hydrogen (secondary N) is 1. The molecule has 0 aliphatic carbocycles. The number of hydrogen-bond acceptors (Lipinski definition) is 5. The van der Waals surface area contributed by atoms with Crippen LogP contribution in [0.1, 0.15) is 10.5 Å². The van der Waals surface area contributed by atoms with E-state index in [1.807, 2.05) is 0 Å². The summed E-state index contributed by atoms with van der Waals surface area (Å²) in [5, 5.41) is 14.8. The smallest absolute Gasteiger partial charge is 0.271 e. The fourth-order valence-corrected chi connectivity index (χ4v) is 1.28. The van der Waals surface area contributed by atoms with Crippen LogP contribution in [-0.4, -0.2) is 53.6 Å². The lowest BCUT2D eigenvalue weighted by Crippen LogP contribution is -2.37. The zero-order valence-electron chi connectivity index (χ0n) is 10.8. The number of nitrogens with zero attached hydrogens (tertiary/aromatic N) is 2. The van der Waals surface area contributed by atoms with Crippen LogP contribution in [0.15, 0.2) is 16.9 Å². The second kappa shape index (κ2) is 7.65. The highest BCUT2D eigenvalue weighted by molar-refractivity contribution is 5.91. The summed E-state index contributed by atoms with van der Waals surface area (Å²) in [5.41, 5.74) is -0.520. The van der Waals surface area contributed by atoms with Gasteiger partial charge in [0.1, 0.15) is 11.8 Å². The molecule has 112 valence electrons. The molecule has 1 atom stereocenters. The lowest BCUT2D eigenvalue weighted by atomic mass is 10.3. The van der Waals surface area contributed by atoms with Gasteiger partial charge in [-0.25, -0.2) is 13.5 Å². The third kappa shape index (κ3) is 4.67. The molecule has 0 spiro atoms. The topological polar surface area (TPSA) is 93.5 Å². The summed E-state index contributed by atoms with van der Waals surface area (Å²) in [6.45, 7) is -0.201. The number of ether oxygens (including phenoxy) is 1. The van der Waals surface area contributed by atoms with Crippen molar-refractivity contribution in [2.45, 2.75) is 19.1 Å². The van der Waals surface area contributed by atoms with E-state index in [-0.39, 0.29) is 18.8 Å². The highest BCUT2D eigenvalue weighted by atomic mass is 19.3. The second-order valence-corrected chi connectivity index (χ2v) is 3.88. The molecule has 1 unspecified atom stereocenters. The summed E-state index contributed by atoms with van der Waals surface area (Å²) in [5.74, 6) is -0.754. The number of rotatable bonds is 7. The molecule has 9 heteroatoms. The Labute approximate surface area is 113 Å². The van der Waals surface area contributed by atoms with Crippen LogP contribution >= 0.6 is 0 Å². The van der Waals surface area contributed by atoms with Crippen molar-refractivity contribution in [3.8, 4) is 0 Å². The van der Waals surface area contributed by atoms with Crippen LogP contribution < -0.4 is 10.9 Å². The third-order valence-electron chi connectivity index (χ3n) is 2.37. The normalized spacial score (nSPS) is 12.4. The van der Waals surface area contributed by atoms with E-state index >= 15 is 0 Å². The van der Waals surface area contributed by atoms with E-state index in [2.05, 4.69) is 10.4 Å². The Kier molecular flexibility index (Phi) is 6.19. The summed E-state index contributed by atoms with van der Waals surface area (Å²) >= 11 is 0. The van der Waals surface area contributed by atoms with Gasteiger partial charge in [-0.05, 0) is 6.07 Å². The second-order valence-electron chi connectivity index (χ2n) is 3.88. The number of hydrogen-bond donors (Lipinski definition) is 2. The molecule has 20 heavy (non-hydrogen) atoms. The maximum Gasteiger partial charge on any atom is 0.271 e. The first-order valence-corrected chi connectivity index (χ1v) is 5.77. The molecule has 0 aliphatic heterocycles. The van der Waals surface area contributed by atoms with E-state index in [1.54, 1.807) is 0 Å². The Hall–Kier alpha value is -1.87. The van der Waals surface area contributed by atoms with Gasteiger partial charge in [0.05, 0.1) is 13.2 Å². The summed E-state index contributed by atoms with van der Waals surface area (Å²) in [4.78, 5) is 23.1. The lowest BCUT2D eigenvalue weighted by molar-refractivity contribution is -0.00274. The van der Waals surface area contributed by atoms with Gasteiger partial charge in [-0.3, -0.25) is 9.59 Å². The fraction of sp³-hybridized carbons (Fsp3) is 0.545. The SMILES string of the molecule is COCCn1nc(C(=O)NCC(O)C(F)F)ccc1=O. The van der Waals surface area contributed by atoms with Crippen molar-refractivity contribution >= 4 is 5.91 Å². The molecule has 0 fully saturated rings. The maximum atomic E-state index is 12.1. The molecule has 0 aliphatic rings. The fourth-order valence-electron chi connectivity index (χ4n) is 1.28. The average molecular weight is 291 g/mol. The van der Waals surface area contributed by atoms with Crippen LogP contribution in [0.5, 0.6) is 0 Å². The van der Waals surface area contributed by atoms with Crippen molar-refractivity contribution in [3.63, 3.8) is 0 Å². The summed E-state index contributed by atoms with van der Waals surface area (Å²) in [6.07, 6.45) is -4.89. The van der Waals surface area contributed by atoms with Crippen molar-refractivity contribution in [1.82, 2.24) is 15.1 Å². The van der Waals surface area contributed by atoms with Crippen molar-refractivity contribution in [1.29, 1.82) is 0 Å². The van der Waals surface area contributed by atoms with Crippen LogP contribution in [0.25, 0.3) is 0 Å². The molecular weight excluding hydrogens is 276 g/mol. The molecule has 0 saturated carbocycles. The Bertz CT molecular complexity index is 507. The zero-order chi connectivity index (χ0) is 15.1. The molecule has 7 nitrogen and oxygen atoms in total. The highest BCUT2D eigenvalue weighted by Crippen LogP contribution is 1.99. The molecule has 0 aromatic carbocycles. The predicted octanol–water partition coefficient (Wildman–Crippen LogP) is -0.755. The maximum absolute atomic E-state index is 12.1. The van der Waals surface area contributed by atoms with Gasteiger partial charge in [0.15, 0.2) is 0 Å². The molecule has 0 saturated heterocycles. The number of aliphatic hydroxyl groups is 1. The number of aliphatic hydroxyl groups excluding tert-OH is 1. The van der Waals surface area contributed by atoms with E-state index in [0.717, 1.165) is 10.7 Å². The summed E-state index contributed by atoms with van der Waals surface area (Å²) < 4.78 is 29.9. The minimum Gasteiger partial charge on any atom is -0.385 e. The van der Waals surface area contributed by atoms with Gasteiger partial charge >= 0.3 is 0 Å². The van der Waals surface area contributed by atoms with Crippen molar-refractivity contribution in [3.05, 3.63) is 28.2 Å². The number of halogens is 2. The zero-order valence-corrected chi connectivity index (χ0v) is 10.8. The van der Waals surface area contributed by atoms with Crippen LogP contribution in [0.3, 0.4) is 0 Å². The molecule has 0 radical (unpaired) electrons. The van der Waals surface area contributed by atoms with Gasteiger partial charge in [0.25, 0.3) is 17.9 Å². The average Bonchev–Trinajstić information content (AvgIpc) is 2.43. The van der Waals surface area contributed by atoms with Crippen molar-refractivity contribution < 1.29 is 23.4 Å². The number of carbonyl (C=O) groups is 1. The largest absolute Gasteiger partial charge is 0.385 e. The molecule has 2 N–H and O–H groups in total. The first-order chi connectivity index (χ1) is 9.45. The highest BCUT2D eigenvalue weighted by Gasteiger charge is 2.18. The molecule has 1 aromatic rings. The molecule has 1 heterocycles. The molecular formula is C11H15F2N3O4. The van der Waals surface area contributed by atoms with Gasteiger partial charge in [-0.2, -0.15) is 5.10 Å². The third-order valence-corrected chi connectivity index (χ3v) is 2.37. The monoisotopic (exact) mass is 291 g/mol. The van der Waals surface area contributed by atoms with Gasteiger partial charge < -0.3 is 15.2 Å². The lowest BCUT2D eigenvalue weighted by Gasteiger charge is -2.11.